The Balaban J connectivity index is 1.51. The molecule has 5 aromatic rings. The lowest BCUT2D eigenvalue weighted by Crippen LogP contribution is -2.22. The van der Waals surface area contributed by atoms with Gasteiger partial charge in [-0.3, -0.25) is 10.3 Å². The van der Waals surface area contributed by atoms with E-state index in [-0.39, 0.29) is 18.3 Å². The van der Waals surface area contributed by atoms with E-state index in [1.807, 2.05) is 32.2 Å². The predicted molar refractivity (Wildman–Crippen MR) is 154 cm³/mol. The maximum absolute atomic E-state index is 11.5. The minimum Gasteiger partial charge on any atom is -0.480 e. The molecule has 5 aromatic heterocycles. The zero-order valence-electron chi connectivity index (χ0n) is 23.1. The number of hydrogen-bond donors (Lipinski definition) is 2. The van der Waals surface area contributed by atoms with E-state index in [1.165, 1.54) is 0 Å². The van der Waals surface area contributed by atoms with Gasteiger partial charge in [-0.1, -0.05) is 19.6 Å². The molecule has 0 saturated carbocycles. The number of pyridine rings is 3. The molecule has 0 aromatic carbocycles. The van der Waals surface area contributed by atoms with Crippen LogP contribution in [0.4, 0.5) is 10.6 Å². The SMILES string of the molecule is Cc1cc2nc(NC(=O)O)c(O[C@@H](C)c3nc4c(cnn4COCC[Si](C)(C)C)cc3-n3cccn3)cc2cn1. The van der Waals surface area contributed by atoms with Gasteiger partial charge < -0.3 is 14.6 Å². The van der Waals surface area contributed by atoms with E-state index >= 15 is 0 Å². The second-order valence-corrected chi connectivity index (χ2v) is 16.4. The summed E-state index contributed by atoms with van der Waals surface area (Å²) in [6, 6.07) is 8.35. The van der Waals surface area contributed by atoms with Crippen molar-refractivity contribution in [1.29, 1.82) is 0 Å². The Hall–Kier alpha value is -4.36. The summed E-state index contributed by atoms with van der Waals surface area (Å²) in [7, 11) is -1.21. The zero-order valence-corrected chi connectivity index (χ0v) is 24.1. The first kappa shape index (κ1) is 27.2. The van der Waals surface area contributed by atoms with Crippen molar-refractivity contribution in [2.75, 3.05) is 11.9 Å². The van der Waals surface area contributed by atoms with Crippen molar-refractivity contribution in [3.63, 3.8) is 0 Å². The molecule has 0 aliphatic heterocycles. The highest BCUT2D eigenvalue weighted by molar-refractivity contribution is 6.76. The molecule has 40 heavy (non-hydrogen) atoms. The van der Waals surface area contributed by atoms with Crippen LogP contribution in [0.15, 0.2) is 49.1 Å². The Morgan fingerprint density at radius 1 is 1.12 bits per heavy atom. The summed E-state index contributed by atoms with van der Waals surface area (Å²) < 4.78 is 15.7. The average Bonchev–Trinajstić information content (AvgIpc) is 3.55. The molecule has 0 saturated heterocycles. The Labute approximate surface area is 232 Å². The number of amides is 1. The van der Waals surface area contributed by atoms with Gasteiger partial charge >= 0.3 is 6.09 Å². The summed E-state index contributed by atoms with van der Waals surface area (Å²) in [5, 5.41) is 22.2. The van der Waals surface area contributed by atoms with Crippen LogP contribution in [-0.2, 0) is 11.5 Å². The number of anilines is 1. The fourth-order valence-corrected chi connectivity index (χ4v) is 4.96. The highest BCUT2D eigenvalue weighted by Gasteiger charge is 2.22. The number of nitrogens with zero attached hydrogens (tertiary/aromatic N) is 7. The second-order valence-electron chi connectivity index (χ2n) is 10.8. The molecule has 12 nitrogen and oxygen atoms in total. The van der Waals surface area contributed by atoms with E-state index in [0.717, 1.165) is 17.1 Å². The molecule has 0 aliphatic carbocycles. The van der Waals surface area contributed by atoms with Gasteiger partial charge in [0.05, 0.1) is 17.4 Å². The van der Waals surface area contributed by atoms with Crippen molar-refractivity contribution in [3.8, 4) is 11.4 Å². The summed E-state index contributed by atoms with van der Waals surface area (Å²) >= 11 is 0. The summed E-state index contributed by atoms with van der Waals surface area (Å²) in [6.45, 7) is 11.6. The zero-order chi connectivity index (χ0) is 28.4. The molecular formula is C27H32N8O4Si. The fraction of sp³-hybridized carbons (Fsp3) is 0.333. The summed E-state index contributed by atoms with van der Waals surface area (Å²) in [5.74, 6) is 0.338. The number of fused-ring (bicyclic) bond motifs is 2. The molecule has 208 valence electrons. The third-order valence-corrected chi connectivity index (χ3v) is 8.00. The number of aryl methyl sites for hydroxylation is 1. The predicted octanol–water partition coefficient (Wildman–Crippen LogP) is 5.41. The molecular weight excluding hydrogens is 528 g/mol. The number of nitrogens with one attached hydrogen (secondary N) is 1. The van der Waals surface area contributed by atoms with Gasteiger partial charge in [-0.15, -0.1) is 0 Å². The number of rotatable bonds is 10. The van der Waals surface area contributed by atoms with Gasteiger partial charge in [0.15, 0.2) is 17.2 Å². The van der Waals surface area contributed by atoms with Gasteiger partial charge in [0, 0.05) is 49.7 Å². The maximum Gasteiger partial charge on any atom is 0.410 e. The molecule has 0 unspecified atom stereocenters. The average molecular weight is 561 g/mol. The topological polar surface area (TPSA) is 142 Å². The normalized spacial score (nSPS) is 12.6. The number of aromatic nitrogens is 7. The lowest BCUT2D eigenvalue weighted by atomic mass is 10.1. The third kappa shape index (κ3) is 6.10. The van der Waals surface area contributed by atoms with Gasteiger partial charge in [-0.2, -0.15) is 10.2 Å². The van der Waals surface area contributed by atoms with E-state index in [4.69, 9.17) is 14.5 Å². The van der Waals surface area contributed by atoms with Crippen molar-refractivity contribution < 1.29 is 19.4 Å². The molecule has 0 aliphatic rings. The first-order chi connectivity index (χ1) is 19.1. The van der Waals surface area contributed by atoms with E-state index in [1.54, 1.807) is 40.1 Å². The molecule has 0 spiro atoms. The largest absolute Gasteiger partial charge is 0.480 e. The highest BCUT2D eigenvalue weighted by atomic mass is 28.3. The quantitative estimate of drug-likeness (QED) is 0.169. The van der Waals surface area contributed by atoms with E-state index in [9.17, 15) is 9.90 Å². The number of hydrogen-bond acceptors (Lipinski definition) is 8. The number of carboxylic acid groups (broad SMARTS) is 1. The Kier molecular flexibility index (Phi) is 7.50. The first-order valence-electron chi connectivity index (χ1n) is 13.0. The van der Waals surface area contributed by atoms with Crippen LogP contribution in [-0.4, -0.2) is 60.4 Å². The Morgan fingerprint density at radius 3 is 2.67 bits per heavy atom. The molecule has 0 fully saturated rings. The van der Waals surface area contributed by atoms with E-state index in [0.29, 0.717) is 34.5 Å². The maximum atomic E-state index is 11.5. The van der Waals surface area contributed by atoms with Gasteiger partial charge in [0.1, 0.15) is 18.5 Å². The van der Waals surface area contributed by atoms with E-state index in [2.05, 4.69) is 45.1 Å². The van der Waals surface area contributed by atoms with Crippen LogP contribution in [0.25, 0.3) is 27.6 Å². The molecule has 5 rings (SSSR count). The molecule has 13 heteroatoms. The molecule has 0 bridgehead atoms. The van der Waals surface area contributed by atoms with Gasteiger partial charge in [0.2, 0.25) is 0 Å². The number of carbonyl (C=O) groups is 1. The second kappa shape index (κ2) is 11.0. The summed E-state index contributed by atoms with van der Waals surface area (Å²) in [4.78, 5) is 25.3. The van der Waals surface area contributed by atoms with Crippen LogP contribution in [0, 0.1) is 6.92 Å². The Morgan fingerprint density at radius 2 is 1.95 bits per heavy atom. The minimum atomic E-state index is -1.25. The van der Waals surface area contributed by atoms with Crippen molar-refractivity contribution in [2.24, 2.45) is 0 Å². The molecule has 1 atom stereocenters. The van der Waals surface area contributed by atoms with Gasteiger partial charge in [0.25, 0.3) is 0 Å². The van der Waals surface area contributed by atoms with Crippen molar-refractivity contribution >= 4 is 41.9 Å². The molecule has 2 N–H and O–H groups in total. The van der Waals surface area contributed by atoms with Crippen LogP contribution < -0.4 is 10.1 Å². The Bertz CT molecular complexity index is 1660. The number of ether oxygens (including phenoxy) is 2. The van der Waals surface area contributed by atoms with Gasteiger partial charge in [-0.05, 0) is 44.2 Å². The van der Waals surface area contributed by atoms with Crippen LogP contribution in [0.1, 0.15) is 24.4 Å². The summed E-state index contributed by atoms with van der Waals surface area (Å²) in [5.41, 5.74) is 3.32. The van der Waals surface area contributed by atoms with Crippen LogP contribution >= 0.6 is 0 Å². The van der Waals surface area contributed by atoms with Crippen molar-refractivity contribution in [2.45, 2.75) is 52.4 Å². The monoisotopic (exact) mass is 560 g/mol. The fourth-order valence-electron chi connectivity index (χ4n) is 4.20. The van der Waals surface area contributed by atoms with E-state index < -0.39 is 20.3 Å². The molecule has 0 radical (unpaired) electrons. The first-order valence-corrected chi connectivity index (χ1v) is 16.7. The lowest BCUT2D eigenvalue weighted by molar-refractivity contribution is 0.0812. The van der Waals surface area contributed by atoms with Crippen molar-refractivity contribution in [1.82, 2.24) is 34.5 Å². The van der Waals surface area contributed by atoms with Crippen LogP contribution in [0.2, 0.25) is 25.7 Å². The molecule has 5 heterocycles. The van der Waals surface area contributed by atoms with Gasteiger partial charge in [-0.25, -0.2) is 24.1 Å². The highest BCUT2D eigenvalue weighted by Crippen LogP contribution is 2.33. The van der Waals surface area contributed by atoms with Crippen molar-refractivity contribution in [3.05, 3.63) is 60.4 Å². The van der Waals surface area contributed by atoms with Crippen LogP contribution in [0.3, 0.4) is 0 Å². The third-order valence-electron chi connectivity index (χ3n) is 6.30. The smallest absolute Gasteiger partial charge is 0.410 e. The molecule has 1 amide bonds. The standard InChI is InChI=1S/C27H32N8O4Si/c1-17-11-21-19(14-28-17)13-23(25(31-21)33-27(36)37)39-18(2)24-22(34-8-6-7-29-34)12-20-15-30-35(26(20)32-24)16-38-9-10-40(3,4)5/h6-8,11-15,18H,9-10,16H2,1-5H3,(H,31,33)(H,36,37)/t18-/m0/s1. The summed E-state index contributed by atoms with van der Waals surface area (Å²) in [6.07, 6.45) is 5.08. The minimum absolute atomic E-state index is 0.0833. The van der Waals surface area contributed by atoms with Crippen LogP contribution in [0.5, 0.6) is 5.75 Å². The lowest BCUT2D eigenvalue weighted by Gasteiger charge is -2.20.